The first-order valence-corrected chi connectivity index (χ1v) is 7.10. The zero-order chi connectivity index (χ0) is 14.9. The van der Waals surface area contributed by atoms with Gasteiger partial charge in [-0.2, -0.15) is 4.98 Å². The van der Waals surface area contributed by atoms with Crippen LogP contribution in [0, 0.1) is 5.82 Å². The van der Waals surface area contributed by atoms with Crippen LogP contribution >= 0.6 is 27.5 Å². The molecular formula is C14H13BrClFN2O. The van der Waals surface area contributed by atoms with Gasteiger partial charge in [0, 0.05) is 22.0 Å². The van der Waals surface area contributed by atoms with Crippen LogP contribution in [0.2, 0.25) is 5.15 Å². The average molecular weight is 360 g/mol. The standard InChI is InChI=1S/C14H13BrClFN2O/c1-14(2,3)13-18-11(16)7-12(19-13)20-10-5-8(15)4-9(17)6-10/h4-7H,1-3H3. The van der Waals surface area contributed by atoms with E-state index in [1.54, 1.807) is 6.07 Å². The first kappa shape index (κ1) is 15.2. The van der Waals surface area contributed by atoms with Crippen LogP contribution in [0.1, 0.15) is 26.6 Å². The second kappa shape index (κ2) is 5.66. The van der Waals surface area contributed by atoms with Gasteiger partial charge in [-0.3, -0.25) is 0 Å². The van der Waals surface area contributed by atoms with Crippen LogP contribution < -0.4 is 4.74 Å². The molecule has 1 aromatic heterocycles. The SMILES string of the molecule is CC(C)(C)c1nc(Cl)cc(Oc2cc(F)cc(Br)c2)n1. The molecule has 0 saturated carbocycles. The highest BCUT2D eigenvalue weighted by Gasteiger charge is 2.19. The minimum atomic E-state index is -0.398. The fourth-order valence-corrected chi connectivity index (χ4v) is 2.11. The van der Waals surface area contributed by atoms with E-state index < -0.39 is 5.82 Å². The number of ether oxygens (including phenoxy) is 1. The maximum atomic E-state index is 13.3. The van der Waals surface area contributed by atoms with Crippen LogP contribution in [-0.2, 0) is 5.41 Å². The van der Waals surface area contributed by atoms with Crippen LogP contribution in [0.25, 0.3) is 0 Å². The Hall–Kier alpha value is -1.20. The smallest absolute Gasteiger partial charge is 0.224 e. The summed E-state index contributed by atoms with van der Waals surface area (Å²) in [7, 11) is 0. The van der Waals surface area contributed by atoms with Gasteiger partial charge in [0.05, 0.1) is 0 Å². The largest absolute Gasteiger partial charge is 0.439 e. The predicted octanol–water partition coefficient (Wildman–Crippen LogP) is 5.12. The summed E-state index contributed by atoms with van der Waals surface area (Å²) >= 11 is 9.18. The van der Waals surface area contributed by atoms with E-state index in [4.69, 9.17) is 16.3 Å². The molecule has 1 heterocycles. The lowest BCUT2D eigenvalue weighted by molar-refractivity contribution is 0.442. The summed E-state index contributed by atoms with van der Waals surface area (Å²) in [5.74, 6) is 0.792. The van der Waals surface area contributed by atoms with E-state index in [0.29, 0.717) is 16.0 Å². The van der Waals surface area contributed by atoms with Crippen LogP contribution in [0.5, 0.6) is 11.6 Å². The molecular weight excluding hydrogens is 347 g/mol. The summed E-state index contributed by atoms with van der Waals surface area (Å²) in [6, 6.07) is 5.77. The van der Waals surface area contributed by atoms with Gasteiger partial charge in [0.15, 0.2) is 0 Å². The molecule has 0 atom stereocenters. The van der Waals surface area contributed by atoms with E-state index in [2.05, 4.69) is 25.9 Å². The van der Waals surface area contributed by atoms with Crippen molar-refractivity contribution >= 4 is 27.5 Å². The number of aromatic nitrogens is 2. The lowest BCUT2D eigenvalue weighted by atomic mass is 9.96. The summed E-state index contributed by atoms with van der Waals surface area (Å²) in [5, 5.41) is 0.287. The second-order valence-corrected chi connectivity index (χ2v) is 6.61. The van der Waals surface area contributed by atoms with Crippen molar-refractivity contribution < 1.29 is 9.13 Å². The Morgan fingerprint density at radius 1 is 1.15 bits per heavy atom. The van der Waals surface area contributed by atoms with Crippen molar-refractivity contribution in [2.24, 2.45) is 0 Å². The van der Waals surface area contributed by atoms with Gasteiger partial charge in [-0.05, 0) is 12.1 Å². The van der Waals surface area contributed by atoms with Gasteiger partial charge in [0.25, 0.3) is 0 Å². The van der Waals surface area contributed by atoms with Gasteiger partial charge in [-0.15, -0.1) is 0 Å². The summed E-state index contributed by atoms with van der Waals surface area (Å²) in [6.07, 6.45) is 0. The molecule has 0 N–H and O–H groups in total. The van der Waals surface area contributed by atoms with Crippen molar-refractivity contribution in [2.75, 3.05) is 0 Å². The minimum absolute atomic E-state index is 0.258. The molecule has 0 aliphatic rings. The molecule has 106 valence electrons. The van der Waals surface area contributed by atoms with Gasteiger partial charge >= 0.3 is 0 Å². The van der Waals surface area contributed by atoms with Gasteiger partial charge in [0.2, 0.25) is 5.88 Å². The third-order valence-electron chi connectivity index (χ3n) is 2.40. The van der Waals surface area contributed by atoms with Gasteiger partial charge in [0.1, 0.15) is 22.5 Å². The zero-order valence-electron chi connectivity index (χ0n) is 11.2. The normalized spacial score (nSPS) is 11.5. The van der Waals surface area contributed by atoms with Crippen molar-refractivity contribution in [2.45, 2.75) is 26.2 Å². The fraction of sp³-hybridized carbons (Fsp3) is 0.286. The van der Waals surface area contributed by atoms with Gasteiger partial charge in [-0.25, -0.2) is 9.37 Å². The molecule has 2 rings (SSSR count). The average Bonchev–Trinajstić information content (AvgIpc) is 2.25. The van der Waals surface area contributed by atoms with Crippen LogP contribution in [0.15, 0.2) is 28.7 Å². The van der Waals surface area contributed by atoms with E-state index in [1.807, 2.05) is 20.8 Å². The third-order valence-corrected chi connectivity index (χ3v) is 3.05. The first-order chi connectivity index (χ1) is 9.24. The summed E-state index contributed by atoms with van der Waals surface area (Å²) in [5.41, 5.74) is -0.258. The van der Waals surface area contributed by atoms with Crippen molar-refractivity contribution in [3.63, 3.8) is 0 Å². The van der Waals surface area contributed by atoms with Gasteiger partial charge < -0.3 is 4.74 Å². The Kier molecular flexibility index (Phi) is 4.30. The molecule has 0 aliphatic heterocycles. The Morgan fingerprint density at radius 3 is 2.45 bits per heavy atom. The Labute approximate surface area is 130 Å². The Morgan fingerprint density at radius 2 is 1.85 bits per heavy atom. The molecule has 1 aromatic carbocycles. The van der Waals surface area contributed by atoms with Crippen LogP contribution in [0.3, 0.4) is 0 Å². The molecule has 0 amide bonds. The summed E-state index contributed by atoms with van der Waals surface area (Å²) < 4.78 is 19.4. The number of rotatable bonds is 2. The molecule has 0 saturated heterocycles. The number of hydrogen-bond donors (Lipinski definition) is 0. The Bertz CT molecular complexity index is 623. The topological polar surface area (TPSA) is 35.0 Å². The minimum Gasteiger partial charge on any atom is -0.439 e. The van der Waals surface area contributed by atoms with Gasteiger partial charge in [-0.1, -0.05) is 48.3 Å². The van der Waals surface area contributed by atoms with Crippen LogP contribution in [-0.4, -0.2) is 9.97 Å². The van der Waals surface area contributed by atoms with E-state index in [9.17, 15) is 4.39 Å². The molecule has 6 heteroatoms. The molecule has 2 aromatic rings. The highest BCUT2D eigenvalue weighted by atomic mass is 79.9. The van der Waals surface area contributed by atoms with Crippen LogP contribution in [0.4, 0.5) is 4.39 Å². The molecule has 3 nitrogen and oxygen atoms in total. The van der Waals surface area contributed by atoms with Crippen molar-refractivity contribution in [3.8, 4) is 11.6 Å². The lowest BCUT2D eigenvalue weighted by Gasteiger charge is -2.17. The molecule has 0 fully saturated rings. The van der Waals surface area contributed by atoms with E-state index in [0.717, 1.165) is 0 Å². The molecule has 0 aliphatic carbocycles. The van der Waals surface area contributed by atoms with E-state index in [1.165, 1.54) is 18.2 Å². The maximum Gasteiger partial charge on any atom is 0.224 e. The molecule has 0 bridgehead atoms. The fourth-order valence-electron chi connectivity index (χ4n) is 1.49. The molecule has 0 spiro atoms. The van der Waals surface area contributed by atoms with Crippen molar-refractivity contribution in [3.05, 3.63) is 45.5 Å². The summed E-state index contributed by atoms with van der Waals surface area (Å²) in [6.45, 7) is 5.92. The highest BCUT2D eigenvalue weighted by molar-refractivity contribution is 9.10. The zero-order valence-corrected chi connectivity index (χ0v) is 13.6. The molecule has 20 heavy (non-hydrogen) atoms. The number of nitrogens with zero attached hydrogens (tertiary/aromatic N) is 2. The predicted molar refractivity (Wildman–Crippen MR) is 79.9 cm³/mol. The maximum absolute atomic E-state index is 13.3. The summed E-state index contributed by atoms with van der Waals surface area (Å²) in [4.78, 5) is 8.48. The number of benzene rings is 1. The monoisotopic (exact) mass is 358 g/mol. The highest BCUT2D eigenvalue weighted by Crippen LogP contribution is 2.28. The second-order valence-electron chi connectivity index (χ2n) is 5.31. The Balaban J connectivity index is 2.36. The quantitative estimate of drug-likeness (QED) is 0.698. The van der Waals surface area contributed by atoms with E-state index >= 15 is 0 Å². The van der Waals surface area contributed by atoms with E-state index in [-0.39, 0.29) is 16.4 Å². The van der Waals surface area contributed by atoms with Crippen molar-refractivity contribution in [1.82, 2.24) is 9.97 Å². The molecule has 0 unspecified atom stereocenters. The van der Waals surface area contributed by atoms with Crippen molar-refractivity contribution in [1.29, 1.82) is 0 Å². The first-order valence-electron chi connectivity index (χ1n) is 5.93. The third kappa shape index (κ3) is 3.90. The number of halogens is 3. The molecule has 0 radical (unpaired) electrons. The lowest BCUT2D eigenvalue weighted by Crippen LogP contribution is -2.16. The number of hydrogen-bond acceptors (Lipinski definition) is 3.